The molecular weight excluding hydrogens is 222 g/mol. The van der Waals surface area contributed by atoms with E-state index in [0.29, 0.717) is 6.04 Å². The fourth-order valence-electron chi connectivity index (χ4n) is 2.16. The van der Waals surface area contributed by atoms with Crippen molar-refractivity contribution >= 4 is 17.3 Å². The first-order chi connectivity index (χ1) is 7.74. The molecule has 0 saturated carbocycles. The van der Waals surface area contributed by atoms with Crippen molar-refractivity contribution in [2.24, 2.45) is 0 Å². The van der Waals surface area contributed by atoms with Crippen molar-refractivity contribution in [1.29, 1.82) is 0 Å². The van der Waals surface area contributed by atoms with Crippen LogP contribution in [0.1, 0.15) is 33.1 Å². The Hall–Kier alpha value is -0.890. The molecule has 0 spiro atoms. The Balaban J connectivity index is 2.23. The number of ether oxygens (including phenoxy) is 1. The van der Waals surface area contributed by atoms with E-state index in [-0.39, 0.29) is 6.10 Å². The van der Waals surface area contributed by atoms with Gasteiger partial charge in [-0.05, 0) is 25.0 Å². The summed E-state index contributed by atoms with van der Waals surface area (Å²) in [6.45, 7) is 4.37. The summed E-state index contributed by atoms with van der Waals surface area (Å²) in [5, 5.41) is 4.25. The molecule has 2 unspecified atom stereocenters. The van der Waals surface area contributed by atoms with E-state index in [0.717, 1.165) is 35.7 Å². The highest BCUT2D eigenvalue weighted by atomic mass is 35.5. The van der Waals surface area contributed by atoms with E-state index in [1.165, 1.54) is 0 Å². The van der Waals surface area contributed by atoms with Gasteiger partial charge in [-0.15, -0.1) is 0 Å². The molecule has 2 atom stereocenters. The minimum atomic E-state index is 0.265. The molecule has 88 valence electrons. The molecule has 1 aromatic carbocycles. The van der Waals surface area contributed by atoms with Gasteiger partial charge < -0.3 is 10.1 Å². The highest BCUT2D eigenvalue weighted by Crippen LogP contribution is 2.35. The van der Waals surface area contributed by atoms with Crippen LogP contribution in [-0.2, 0) is 0 Å². The molecule has 0 aliphatic carbocycles. The molecular formula is C13H18ClNO. The first kappa shape index (κ1) is 11.6. The van der Waals surface area contributed by atoms with E-state index < -0.39 is 0 Å². The van der Waals surface area contributed by atoms with Gasteiger partial charge in [0.1, 0.15) is 11.9 Å². The normalized spacial score (nSPS) is 23.2. The van der Waals surface area contributed by atoms with Gasteiger partial charge in [0.2, 0.25) is 0 Å². The Kier molecular flexibility index (Phi) is 3.59. The quantitative estimate of drug-likeness (QED) is 0.858. The highest BCUT2D eigenvalue weighted by molar-refractivity contribution is 6.30. The maximum absolute atomic E-state index is 6.01. The second-order valence-electron chi connectivity index (χ2n) is 4.24. The predicted octanol–water partition coefficient (Wildman–Crippen LogP) is 4.09. The van der Waals surface area contributed by atoms with E-state index in [1.807, 2.05) is 18.2 Å². The van der Waals surface area contributed by atoms with Crippen LogP contribution in [0.25, 0.3) is 0 Å². The van der Waals surface area contributed by atoms with Crippen LogP contribution in [0.5, 0.6) is 5.75 Å². The summed E-state index contributed by atoms with van der Waals surface area (Å²) < 4.78 is 6.01. The van der Waals surface area contributed by atoms with Gasteiger partial charge in [-0.1, -0.05) is 31.9 Å². The SMILES string of the molecule is CCCC1Oc2cc(Cl)ccc2NC1CC. The van der Waals surface area contributed by atoms with Crippen molar-refractivity contribution in [3.63, 3.8) is 0 Å². The topological polar surface area (TPSA) is 21.3 Å². The third kappa shape index (κ3) is 2.27. The van der Waals surface area contributed by atoms with Crippen molar-refractivity contribution in [1.82, 2.24) is 0 Å². The van der Waals surface area contributed by atoms with Gasteiger partial charge in [-0.2, -0.15) is 0 Å². The van der Waals surface area contributed by atoms with Crippen LogP contribution in [0.4, 0.5) is 5.69 Å². The second kappa shape index (κ2) is 4.96. The predicted molar refractivity (Wildman–Crippen MR) is 68.5 cm³/mol. The lowest BCUT2D eigenvalue weighted by atomic mass is 10.0. The average molecular weight is 240 g/mol. The van der Waals surface area contributed by atoms with Crippen LogP contribution in [0.15, 0.2) is 18.2 Å². The van der Waals surface area contributed by atoms with Gasteiger partial charge in [-0.3, -0.25) is 0 Å². The van der Waals surface area contributed by atoms with Gasteiger partial charge >= 0.3 is 0 Å². The molecule has 1 aromatic rings. The monoisotopic (exact) mass is 239 g/mol. The molecule has 16 heavy (non-hydrogen) atoms. The third-order valence-electron chi connectivity index (χ3n) is 3.02. The Morgan fingerprint density at radius 2 is 2.19 bits per heavy atom. The number of anilines is 1. The van der Waals surface area contributed by atoms with Crippen molar-refractivity contribution in [3.8, 4) is 5.75 Å². The molecule has 0 amide bonds. The Morgan fingerprint density at radius 3 is 2.88 bits per heavy atom. The van der Waals surface area contributed by atoms with Crippen molar-refractivity contribution < 1.29 is 4.74 Å². The summed E-state index contributed by atoms with van der Waals surface area (Å²) >= 11 is 5.96. The van der Waals surface area contributed by atoms with Gasteiger partial charge in [0.25, 0.3) is 0 Å². The number of hydrogen-bond donors (Lipinski definition) is 1. The second-order valence-corrected chi connectivity index (χ2v) is 4.68. The molecule has 0 radical (unpaired) electrons. The summed E-state index contributed by atoms with van der Waals surface area (Å²) in [7, 11) is 0. The summed E-state index contributed by atoms with van der Waals surface area (Å²) in [4.78, 5) is 0. The first-order valence-corrected chi connectivity index (χ1v) is 6.35. The van der Waals surface area contributed by atoms with Crippen LogP contribution in [0, 0.1) is 0 Å². The van der Waals surface area contributed by atoms with Crippen molar-refractivity contribution in [2.45, 2.75) is 45.3 Å². The average Bonchev–Trinajstić information content (AvgIpc) is 2.28. The van der Waals surface area contributed by atoms with Crippen molar-refractivity contribution in [3.05, 3.63) is 23.2 Å². The van der Waals surface area contributed by atoms with E-state index in [1.54, 1.807) is 0 Å². The van der Waals surface area contributed by atoms with E-state index >= 15 is 0 Å². The minimum Gasteiger partial charge on any atom is -0.486 e. The summed E-state index contributed by atoms with van der Waals surface area (Å²) in [6, 6.07) is 6.18. The molecule has 2 rings (SSSR count). The molecule has 0 bridgehead atoms. The smallest absolute Gasteiger partial charge is 0.144 e. The van der Waals surface area contributed by atoms with Crippen LogP contribution in [-0.4, -0.2) is 12.1 Å². The number of hydrogen-bond acceptors (Lipinski definition) is 2. The highest BCUT2D eigenvalue weighted by Gasteiger charge is 2.27. The van der Waals surface area contributed by atoms with Gasteiger partial charge in [0.05, 0.1) is 11.7 Å². The van der Waals surface area contributed by atoms with Crippen LogP contribution in [0.2, 0.25) is 5.02 Å². The first-order valence-electron chi connectivity index (χ1n) is 5.97. The Morgan fingerprint density at radius 1 is 1.38 bits per heavy atom. The molecule has 0 aromatic heterocycles. The van der Waals surface area contributed by atoms with Gasteiger partial charge in [0, 0.05) is 11.1 Å². The summed E-state index contributed by atoms with van der Waals surface area (Å²) in [6.07, 6.45) is 3.56. The Bertz CT molecular complexity index is 367. The standard InChI is InChI=1S/C13H18ClNO/c1-3-5-12-10(4-2)15-11-7-6-9(14)8-13(11)16-12/h6-8,10,12,15H,3-5H2,1-2H3. The molecule has 1 N–H and O–H groups in total. The maximum Gasteiger partial charge on any atom is 0.144 e. The third-order valence-corrected chi connectivity index (χ3v) is 3.26. The van der Waals surface area contributed by atoms with Crippen molar-refractivity contribution in [2.75, 3.05) is 5.32 Å². The summed E-state index contributed by atoms with van der Waals surface area (Å²) in [5.41, 5.74) is 1.06. The lowest BCUT2D eigenvalue weighted by Gasteiger charge is -2.34. The molecule has 0 fully saturated rings. The van der Waals surface area contributed by atoms with Gasteiger partial charge in [-0.25, -0.2) is 0 Å². The number of halogens is 1. The largest absolute Gasteiger partial charge is 0.486 e. The minimum absolute atomic E-state index is 0.265. The van der Waals surface area contributed by atoms with E-state index in [2.05, 4.69) is 19.2 Å². The lowest BCUT2D eigenvalue weighted by molar-refractivity contribution is 0.155. The van der Waals surface area contributed by atoms with Gasteiger partial charge in [0.15, 0.2) is 0 Å². The van der Waals surface area contributed by atoms with E-state index in [4.69, 9.17) is 16.3 Å². The lowest BCUT2D eigenvalue weighted by Crippen LogP contribution is -2.40. The maximum atomic E-state index is 6.01. The van der Waals surface area contributed by atoms with Crippen LogP contribution in [0.3, 0.4) is 0 Å². The number of nitrogens with one attached hydrogen (secondary N) is 1. The zero-order chi connectivity index (χ0) is 11.5. The molecule has 2 nitrogen and oxygen atoms in total. The molecule has 0 saturated heterocycles. The number of benzene rings is 1. The molecule has 3 heteroatoms. The van der Waals surface area contributed by atoms with Crippen LogP contribution >= 0.6 is 11.6 Å². The summed E-state index contributed by atoms with van der Waals surface area (Å²) in [5.74, 6) is 0.885. The number of fused-ring (bicyclic) bond motifs is 1. The van der Waals surface area contributed by atoms with Crippen LogP contribution < -0.4 is 10.1 Å². The zero-order valence-electron chi connectivity index (χ0n) is 9.79. The molecule has 1 aliphatic rings. The number of rotatable bonds is 3. The zero-order valence-corrected chi connectivity index (χ0v) is 10.6. The fourth-order valence-corrected chi connectivity index (χ4v) is 2.32. The van der Waals surface area contributed by atoms with E-state index in [9.17, 15) is 0 Å². The fraction of sp³-hybridized carbons (Fsp3) is 0.538. The Labute approximate surface area is 102 Å². The molecule has 1 aliphatic heterocycles. The molecule has 1 heterocycles.